The molecule has 0 aromatic heterocycles. The number of hydrogen-bond acceptors (Lipinski definition) is 2. The van der Waals surface area contributed by atoms with Gasteiger partial charge < -0.3 is 10.2 Å². The van der Waals surface area contributed by atoms with Crippen LogP contribution in [0.1, 0.15) is 26.3 Å². The Balaban J connectivity index is 1.70. The van der Waals surface area contributed by atoms with Crippen molar-refractivity contribution in [2.24, 2.45) is 0 Å². The van der Waals surface area contributed by atoms with Crippen molar-refractivity contribution in [3.8, 4) is 0 Å². The van der Waals surface area contributed by atoms with Crippen LogP contribution in [0.2, 0.25) is 0 Å². The summed E-state index contributed by atoms with van der Waals surface area (Å²) in [6, 6.07) is 21.8. The van der Waals surface area contributed by atoms with Gasteiger partial charge in [-0.25, -0.2) is 4.39 Å². The van der Waals surface area contributed by atoms with Crippen molar-refractivity contribution in [2.45, 2.75) is 6.54 Å². The highest BCUT2D eigenvalue weighted by atomic mass is 19.1. The van der Waals surface area contributed by atoms with Crippen LogP contribution >= 0.6 is 0 Å². The van der Waals surface area contributed by atoms with Gasteiger partial charge in [-0.3, -0.25) is 9.59 Å². The highest BCUT2D eigenvalue weighted by Crippen LogP contribution is 2.16. The van der Waals surface area contributed by atoms with Gasteiger partial charge in [-0.2, -0.15) is 0 Å². The van der Waals surface area contributed by atoms with Crippen LogP contribution in [0, 0.1) is 5.82 Å². The van der Waals surface area contributed by atoms with E-state index >= 15 is 0 Å². The molecule has 0 radical (unpaired) electrons. The summed E-state index contributed by atoms with van der Waals surface area (Å²) in [6.45, 7) is 0.279. The van der Waals surface area contributed by atoms with Crippen molar-refractivity contribution in [2.75, 3.05) is 11.9 Å². The van der Waals surface area contributed by atoms with Gasteiger partial charge in [-0.1, -0.05) is 36.4 Å². The Kier molecular flexibility index (Phi) is 5.61. The van der Waals surface area contributed by atoms with E-state index in [0.29, 0.717) is 11.1 Å². The van der Waals surface area contributed by atoms with E-state index in [4.69, 9.17) is 0 Å². The summed E-state index contributed by atoms with van der Waals surface area (Å²) in [6.07, 6.45) is 0. The van der Waals surface area contributed by atoms with Crippen LogP contribution in [-0.4, -0.2) is 18.9 Å². The molecule has 0 spiro atoms. The van der Waals surface area contributed by atoms with Crippen LogP contribution in [0.5, 0.6) is 0 Å². The van der Waals surface area contributed by atoms with Crippen molar-refractivity contribution >= 4 is 17.5 Å². The Morgan fingerprint density at radius 2 is 1.56 bits per heavy atom. The molecule has 3 aromatic carbocycles. The maximum absolute atomic E-state index is 12.9. The number of rotatable bonds is 5. The summed E-state index contributed by atoms with van der Waals surface area (Å²) in [7, 11) is 1.69. The van der Waals surface area contributed by atoms with E-state index < -0.39 is 0 Å². The van der Waals surface area contributed by atoms with Crippen molar-refractivity contribution in [3.05, 3.63) is 101 Å². The molecular weight excluding hydrogens is 343 g/mol. The standard InChI is InChI=1S/C22H19FN2O2/c1-25(20-8-3-2-4-9-20)22(27)18-7-5-6-17(14-18)21(26)24-15-16-10-12-19(23)13-11-16/h2-14H,15H2,1H3,(H,24,26). The van der Waals surface area contributed by atoms with Crippen molar-refractivity contribution < 1.29 is 14.0 Å². The Bertz CT molecular complexity index is 940. The van der Waals surface area contributed by atoms with E-state index in [1.54, 1.807) is 43.4 Å². The molecule has 0 fully saturated rings. The lowest BCUT2D eigenvalue weighted by atomic mass is 10.1. The summed E-state index contributed by atoms with van der Waals surface area (Å²) in [5, 5.41) is 2.78. The normalized spacial score (nSPS) is 10.3. The first-order valence-corrected chi connectivity index (χ1v) is 8.50. The van der Waals surface area contributed by atoms with E-state index in [9.17, 15) is 14.0 Å². The van der Waals surface area contributed by atoms with E-state index in [-0.39, 0.29) is 24.2 Å². The average molecular weight is 362 g/mol. The predicted octanol–water partition coefficient (Wildman–Crippen LogP) is 4.03. The Morgan fingerprint density at radius 3 is 2.26 bits per heavy atom. The molecule has 27 heavy (non-hydrogen) atoms. The summed E-state index contributed by atoms with van der Waals surface area (Å²) < 4.78 is 12.9. The van der Waals surface area contributed by atoms with E-state index in [2.05, 4.69) is 5.32 Å². The summed E-state index contributed by atoms with van der Waals surface area (Å²) >= 11 is 0. The van der Waals surface area contributed by atoms with Gasteiger partial charge in [0.1, 0.15) is 5.82 Å². The zero-order valence-corrected chi connectivity index (χ0v) is 14.9. The molecule has 3 rings (SSSR count). The van der Waals surface area contributed by atoms with Crippen LogP contribution in [0.25, 0.3) is 0 Å². The second kappa shape index (κ2) is 8.27. The minimum Gasteiger partial charge on any atom is -0.348 e. The van der Waals surface area contributed by atoms with Crippen LogP contribution in [-0.2, 0) is 6.54 Å². The minimum atomic E-state index is -0.321. The molecule has 1 N–H and O–H groups in total. The van der Waals surface area contributed by atoms with E-state index in [1.165, 1.54) is 17.0 Å². The second-order valence-corrected chi connectivity index (χ2v) is 6.09. The molecule has 2 amide bonds. The first-order chi connectivity index (χ1) is 13.0. The van der Waals surface area contributed by atoms with Crippen molar-refractivity contribution in [3.63, 3.8) is 0 Å². The fourth-order valence-corrected chi connectivity index (χ4v) is 2.64. The predicted molar refractivity (Wildman–Crippen MR) is 103 cm³/mol. The van der Waals surface area contributed by atoms with Crippen LogP contribution in [0.4, 0.5) is 10.1 Å². The average Bonchev–Trinajstić information content (AvgIpc) is 2.72. The third-order valence-corrected chi connectivity index (χ3v) is 4.19. The molecule has 0 saturated carbocycles. The highest BCUT2D eigenvalue weighted by Gasteiger charge is 2.15. The third-order valence-electron chi connectivity index (χ3n) is 4.19. The van der Waals surface area contributed by atoms with Gasteiger partial charge in [-0.15, -0.1) is 0 Å². The fourth-order valence-electron chi connectivity index (χ4n) is 2.64. The Morgan fingerprint density at radius 1 is 0.889 bits per heavy atom. The molecular formula is C22H19FN2O2. The molecule has 136 valence electrons. The number of hydrogen-bond donors (Lipinski definition) is 1. The number of anilines is 1. The second-order valence-electron chi connectivity index (χ2n) is 6.09. The molecule has 0 aliphatic carbocycles. The zero-order chi connectivity index (χ0) is 19.2. The minimum absolute atomic E-state index is 0.200. The summed E-state index contributed by atoms with van der Waals surface area (Å²) in [5.41, 5.74) is 2.38. The molecule has 0 bridgehead atoms. The molecule has 0 saturated heterocycles. The van der Waals surface area contributed by atoms with E-state index in [1.807, 2.05) is 30.3 Å². The van der Waals surface area contributed by atoms with Gasteiger partial charge in [0.15, 0.2) is 0 Å². The third kappa shape index (κ3) is 4.58. The monoisotopic (exact) mass is 362 g/mol. The van der Waals surface area contributed by atoms with Gasteiger partial charge in [0.05, 0.1) is 0 Å². The summed E-state index contributed by atoms with van der Waals surface area (Å²) in [4.78, 5) is 26.6. The van der Waals surface area contributed by atoms with Crippen molar-refractivity contribution in [1.82, 2.24) is 5.32 Å². The van der Waals surface area contributed by atoms with Gasteiger partial charge in [0.2, 0.25) is 0 Å². The molecule has 0 atom stereocenters. The van der Waals surface area contributed by atoms with Crippen LogP contribution in [0.15, 0.2) is 78.9 Å². The first kappa shape index (κ1) is 18.3. The number of amides is 2. The van der Waals surface area contributed by atoms with Crippen LogP contribution < -0.4 is 10.2 Å². The van der Waals surface area contributed by atoms with Gasteiger partial charge >= 0.3 is 0 Å². The summed E-state index contributed by atoms with van der Waals surface area (Å²) in [5.74, 6) is -0.815. The fraction of sp³-hybridized carbons (Fsp3) is 0.0909. The lowest BCUT2D eigenvalue weighted by Crippen LogP contribution is -2.27. The highest BCUT2D eigenvalue weighted by molar-refractivity contribution is 6.07. The lowest BCUT2D eigenvalue weighted by molar-refractivity contribution is 0.0951. The topological polar surface area (TPSA) is 49.4 Å². The molecule has 0 unspecified atom stereocenters. The molecule has 0 heterocycles. The number of carbonyl (C=O) groups excluding carboxylic acids is 2. The SMILES string of the molecule is CN(C(=O)c1cccc(C(=O)NCc2ccc(F)cc2)c1)c1ccccc1. The lowest BCUT2D eigenvalue weighted by Gasteiger charge is -2.17. The maximum Gasteiger partial charge on any atom is 0.258 e. The number of para-hydroxylation sites is 1. The Labute approximate surface area is 157 Å². The molecule has 5 heteroatoms. The molecule has 4 nitrogen and oxygen atoms in total. The number of halogens is 1. The quantitative estimate of drug-likeness (QED) is 0.745. The van der Waals surface area contributed by atoms with Crippen LogP contribution in [0.3, 0.4) is 0 Å². The maximum atomic E-state index is 12.9. The number of nitrogens with one attached hydrogen (secondary N) is 1. The Hall–Kier alpha value is -3.47. The molecule has 3 aromatic rings. The van der Waals surface area contributed by atoms with Crippen molar-refractivity contribution in [1.29, 1.82) is 0 Å². The smallest absolute Gasteiger partial charge is 0.258 e. The number of benzene rings is 3. The van der Waals surface area contributed by atoms with Gasteiger partial charge in [-0.05, 0) is 48.0 Å². The first-order valence-electron chi connectivity index (χ1n) is 8.50. The molecule has 0 aliphatic heterocycles. The van der Waals surface area contributed by atoms with Gasteiger partial charge in [0, 0.05) is 30.4 Å². The number of nitrogens with zero attached hydrogens (tertiary/aromatic N) is 1. The largest absolute Gasteiger partial charge is 0.348 e. The molecule has 0 aliphatic rings. The number of carbonyl (C=O) groups is 2. The van der Waals surface area contributed by atoms with E-state index in [0.717, 1.165) is 11.3 Å². The van der Waals surface area contributed by atoms with Gasteiger partial charge in [0.25, 0.3) is 11.8 Å². The zero-order valence-electron chi connectivity index (χ0n) is 14.9.